The Morgan fingerprint density at radius 3 is 2.49 bits per heavy atom. The van der Waals surface area contributed by atoms with Crippen molar-refractivity contribution in [3.05, 3.63) is 53.6 Å². The topological polar surface area (TPSA) is 84.9 Å². The van der Waals surface area contributed by atoms with Crippen LogP contribution in [0.4, 0.5) is 15.3 Å². The van der Waals surface area contributed by atoms with E-state index < -0.39 is 18.3 Å². The van der Waals surface area contributed by atoms with Crippen LogP contribution in [0.25, 0.3) is 0 Å². The highest BCUT2D eigenvalue weighted by Gasteiger charge is 2.60. The lowest BCUT2D eigenvalue weighted by Gasteiger charge is -2.57. The standard InChI is InChI=1S/C32H42N2O5/c1-20(19-35)25-13-14-26-24-12-11-21-17-23(38-29(36)33-22-9-7-6-8-10-22)18-28(39-30(37)34(4)5)32(21,3)27(24)15-16-31(25,26)2/h6-12,19-20,23,25-28H,13-18H2,1-5H3,(H,33,36)/t20?,23-,25-,26+,27+,28+,31-,32+/m1/s1. The molecule has 1 unspecified atom stereocenters. The van der Waals surface area contributed by atoms with Gasteiger partial charge in [-0.15, -0.1) is 0 Å². The van der Waals surface area contributed by atoms with Gasteiger partial charge in [0.2, 0.25) is 0 Å². The molecule has 1 aromatic carbocycles. The fourth-order valence-corrected chi connectivity index (χ4v) is 8.31. The molecule has 3 saturated carbocycles. The van der Waals surface area contributed by atoms with Crippen molar-refractivity contribution in [3.8, 4) is 0 Å². The summed E-state index contributed by atoms with van der Waals surface area (Å²) in [7, 11) is 3.38. The minimum atomic E-state index is -0.505. The summed E-state index contributed by atoms with van der Waals surface area (Å²) in [5.74, 6) is 1.13. The van der Waals surface area contributed by atoms with E-state index in [1.807, 2.05) is 30.3 Å². The van der Waals surface area contributed by atoms with E-state index in [1.54, 1.807) is 14.1 Å². The Morgan fingerprint density at radius 2 is 1.79 bits per heavy atom. The number of rotatable bonds is 5. The van der Waals surface area contributed by atoms with Gasteiger partial charge in [-0.05, 0) is 61.0 Å². The zero-order valence-corrected chi connectivity index (χ0v) is 23.8. The van der Waals surface area contributed by atoms with Crippen LogP contribution in [-0.4, -0.2) is 49.7 Å². The maximum absolute atomic E-state index is 12.9. The van der Waals surface area contributed by atoms with Crippen LogP contribution in [0.15, 0.2) is 53.6 Å². The van der Waals surface area contributed by atoms with Gasteiger partial charge in [-0.2, -0.15) is 0 Å². The Morgan fingerprint density at radius 1 is 1.05 bits per heavy atom. The van der Waals surface area contributed by atoms with Crippen LogP contribution >= 0.6 is 0 Å². The van der Waals surface area contributed by atoms with Gasteiger partial charge in [0.25, 0.3) is 0 Å². The van der Waals surface area contributed by atoms with Gasteiger partial charge >= 0.3 is 12.2 Å². The number of carbonyl (C=O) groups is 3. The minimum absolute atomic E-state index is 0.0610. The molecule has 4 aliphatic rings. The molecule has 39 heavy (non-hydrogen) atoms. The number of carbonyl (C=O) groups excluding carboxylic acids is 3. The molecule has 5 rings (SSSR count). The summed E-state index contributed by atoms with van der Waals surface area (Å²) in [6.45, 7) is 6.69. The number of amides is 2. The first-order valence-corrected chi connectivity index (χ1v) is 14.3. The molecule has 7 heteroatoms. The average molecular weight is 535 g/mol. The average Bonchev–Trinajstić information content (AvgIpc) is 3.26. The van der Waals surface area contributed by atoms with E-state index in [9.17, 15) is 14.4 Å². The SMILES string of the molecule is CC(C=O)[C@H]1CC[C@H]2C3=CC=C4C[C@@H](OC(=O)Nc5ccccc5)C[C@H](OC(=O)N(C)C)[C@]4(C)[C@H]3CC[C@]12C. The fourth-order valence-electron chi connectivity index (χ4n) is 8.31. The highest BCUT2D eigenvalue weighted by atomic mass is 16.6. The van der Waals surface area contributed by atoms with Crippen LogP contribution in [0.3, 0.4) is 0 Å². The molecular weight excluding hydrogens is 492 g/mol. The summed E-state index contributed by atoms with van der Waals surface area (Å²) in [4.78, 5) is 38.8. The van der Waals surface area contributed by atoms with Crippen molar-refractivity contribution in [2.45, 2.75) is 71.5 Å². The molecule has 1 aromatic rings. The smallest absolute Gasteiger partial charge is 0.411 e. The molecule has 3 fully saturated rings. The number of nitrogens with zero attached hydrogens (tertiary/aromatic N) is 1. The Labute approximate surface area is 232 Å². The monoisotopic (exact) mass is 534 g/mol. The first-order chi connectivity index (χ1) is 18.6. The van der Waals surface area contributed by atoms with Gasteiger partial charge in [-0.1, -0.05) is 62.3 Å². The van der Waals surface area contributed by atoms with Crippen LogP contribution in [-0.2, 0) is 14.3 Å². The maximum Gasteiger partial charge on any atom is 0.411 e. The molecule has 0 aliphatic heterocycles. The molecule has 0 bridgehead atoms. The summed E-state index contributed by atoms with van der Waals surface area (Å²) in [6, 6.07) is 9.24. The number of hydrogen-bond acceptors (Lipinski definition) is 5. The summed E-state index contributed by atoms with van der Waals surface area (Å²) in [6.07, 6.45) is 9.19. The van der Waals surface area contributed by atoms with Gasteiger partial charge in [0.1, 0.15) is 18.5 Å². The van der Waals surface area contributed by atoms with Gasteiger partial charge in [0.15, 0.2) is 0 Å². The van der Waals surface area contributed by atoms with Gasteiger partial charge in [0.05, 0.1) is 0 Å². The molecule has 0 spiro atoms. The number of ether oxygens (including phenoxy) is 2. The summed E-state index contributed by atoms with van der Waals surface area (Å²) in [5, 5.41) is 2.80. The minimum Gasteiger partial charge on any atom is -0.446 e. The molecule has 0 saturated heterocycles. The fraction of sp³-hybridized carbons (Fsp3) is 0.594. The number of anilines is 1. The van der Waals surface area contributed by atoms with Crippen molar-refractivity contribution in [1.82, 2.24) is 4.90 Å². The highest BCUT2D eigenvalue weighted by molar-refractivity contribution is 5.84. The highest BCUT2D eigenvalue weighted by Crippen LogP contribution is 2.66. The molecular formula is C32H42N2O5. The van der Waals surface area contributed by atoms with E-state index in [-0.39, 0.29) is 28.8 Å². The van der Waals surface area contributed by atoms with Crippen LogP contribution in [0.1, 0.15) is 59.3 Å². The summed E-state index contributed by atoms with van der Waals surface area (Å²) < 4.78 is 12.1. The van der Waals surface area contributed by atoms with Crippen molar-refractivity contribution in [2.75, 3.05) is 19.4 Å². The number of nitrogens with one attached hydrogen (secondary N) is 1. The zero-order chi connectivity index (χ0) is 27.9. The van der Waals surface area contributed by atoms with Crippen molar-refractivity contribution < 1.29 is 23.9 Å². The molecule has 2 amide bonds. The number of allylic oxidation sites excluding steroid dienone is 3. The van der Waals surface area contributed by atoms with Crippen LogP contribution in [0.5, 0.6) is 0 Å². The molecule has 7 nitrogen and oxygen atoms in total. The van der Waals surface area contributed by atoms with E-state index in [4.69, 9.17) is 9.47 Å². The molecule has 8 atom stereocenters. The van der Waals surface area contributed by atoms with Crippen molar-refractivity contribution in [2.24, 2.45) is 34.5 Å². The summed E-state index contributed by atoms with van der Waals surface area (Å²) in [5.41, 5.74) is 3.03. The lowest BCUT2D eigenvalue weighted by atomic mass is 9.49. The predicted octanol–water partition coefficient (Wildman–Crippen LogP) is 6.61. The van der Waals surface area contributed by atoms with Gasteiger partial charge < -0.3 is 19.2 Å². The largest absolute Gasteiger partial charge is 0.446 e. The lowest BCUT2D eigenvalue weighted by Crippen LogP contribution is -2.54. The van der Waals surface area contributed by atoms with Gasteiger partial charge in [-0.25, -0.2) is 9.59 Å². The van der Waals surface area contributed by atoms with Crippen molar-refractivity contribution >= 4 is 24.2 Å². The Kier molecular flexibility index (Phi) is 7.38. The second-order valence-electron chi connectivity index (χ2n) is 12.7. The molecule has 1 N–H and O–H groups in total. The number of aldehydes is 1. The molecule has 0 heterocycles. The van der Waals surface area contributed by atoms with E-state index >= 15 is 0 Å². The third kappa shape index (κ3) is 4.78. The Hall–Kier alpha value is -3.09. The number of fused-ring (bicyclic) bond motifs is 5. The van der Waals surface area contributed by atoms with E-state index in [0.717, 1.165) is 32.0 Å². The molecule has 210 valence electrons. The third-order valence-corrected chi connectivity index (χ3v) is 10.4. The molecule has 0 aromatic heterocycles. The maximum atomic E-state index is 12.9. The summed E-state index contributed by atoms with van der Waals surface area (Å²) >= 11 is 0. The van der Waals surface area contributed by atoms with E-state index in [2.05, 4.69) is 38.2 Å². The predicted molar refractivity (Wildman–Crippen MR) is 150 cm³/mol. The number of para-hydroxylation sites is 1. The van der Waals surface area contributed by atoms with Crippen LogP contribution < -0.4 is 5.32 Å². The van der Waals surface area contributed by atoms with Crippen molar-refractivity contribution in [1.29, 1.82) is 0 Å². The third-order valence-electron chi connectivity index (χ3n) is 10.4. The van der Waals surface area contributed by atoms with Crippen LogP contribution in [0, 0.1) is 34.5 Å². The van der Waals surface area contributed by atoms with E-state index in [0.29, 0.717) is 30.4 Å². The number of benzene rings is 1. The number of hydrogen-bond donors (Lipinski definition) is 1. The lowest BCUT2D eigenvalue weighted by molar-refractivity contribution is -0.114. The van der Waals surface area contributed by atoms with Gasteiger partial charge in [0, 0.05) is 44.0 Å². The normalized spacial score (nSPS) is 35.7. The zero-order valence-electron chi connectivity index (χ0n) is 23.8. The first-order valence-electron chi connectivity index (χ1n) is 14.3. The Balaban J connectivity index is 1.43. The second kappa shape index (κ2) is 10.5. The van der Waals surface area contributed by atoms with E-state index in [1.165, 1.54) is 16.0 Å². The molecule has 4 aliphatic carbocycles. The quantitative estimate of drug-likeness (QED) is 0.430. The Bertz CT molecular complexity index is 1180. The second-order valence-corrected chi connectivity index (χ2v) is 12.7. The molecule has 0 radical (unpaired) electrons. The van der Waals surface area contributed by atoms with Crippen molar-refractivity contribution in [3.63, 3.8) is 0 Å². The first kappa shape index (κ1) is 27.5. The van der Waals surface area contributed by atoms with Crippen LogP contribution in [0.2, 0.25) is 0 Å². The van der Waals surface area contributed by atoms with Gasteiger partial charge in [-0.3, -0.25) is 5.32 Å².